The maximum atomic E-state index is 13.9. The van der Waals surface area contributed by atoms with Gasteiger partial charge in [0, 0.05) is 27.1 Å². The molecule has 7 nitrogen and oxygen atoms in total. The van der Waals surface area contributed by atoms with Crippen molar-refractivity contribution in [1.82, 2.24) is 10.2 Å². The number of carbonyl (C=O) groups is 2. The fourth-order valence-electron chi connectivity index (χ4n) is 3.76. The zero-order valence-corrected chi connectivity index (χ0v) is 25.7. The van der Waals surface area contributed by atoms with Gasteiger partial charge in [-0.15, -0.1) is 0 Å². The first-order chi connectivity index (χ1) is 18.4. The number of amides is 2. The lowest BCUT2D eigenvalue weighted by Crippen LogP contribution is -2.52. The van der Waals surface area contributed by atoms with E-state index in [1.54, 1.807) is 67.6 Å². The van der Waals surface area contributed by atoms with Gasteiger partial charge in [-0.2, -0.15) is 0 Å². The number of hydrogen-bond donors (Lipinski definition) is 1. The summed E-state index contributed by atoms with van der Waals surface area (Å²) in [4.78, 5) is 28.4. The van der Waals surface area contributed by atoms with Crippen LogP contribution in [0.4, 0.5) is 5.69 Å². The fourth-order valence-corrected chi connectivity index (χ4v) is 6.04. The van der Waals surface area contributed by atoms with Gasteiger partial charge in [0.05, 0.1) is 10.6 Å². The summed E-state index contributed by atoms with van der Waals surface area (Å²) in [6.07, 6.45) is 0.710. The van der Waals surface area contributed by atoms with E-state index in [1.165, 1.54) is 17.0 Å². The Morgan fingerprint density at radius 2 is 1.67 bits per heavy atom. The normalized spacial score (nSPS) is 12.9. The molecule has 0 bridgehead atoms. The Morgan fingerprint density at radius 1 is 0.974 bits per heavy atom. The summed E-state index contributed by atoms with van der Waals surface area (Å²) in [5, 5.41) is 3.66. The summed E-state index contributed by atoms with van der Waals surface area (Å²) >= 11 is 15.8. The Hall–Kier alpha value is -2.59. The highest BCUT2D eigenvalue weighted by Crippen LogP contribution is 2.28. The lowest BCUT2D eigenvalue weighted by Gasteiger charge is -2.32. The second-order valence-corrected chi connectivity index (χ2v) is 12.7. The van der Waals surface area contributed by atoms with E-state index in [0.29, 0.717) is 32.2 Å². The van der Waals surface area contributed by atoms with Gasteiger partial charge in [-0.1, -0.05) is 76.4 Å². The van der Waals surface area contributed by atoms with Gasteiger partial charge >= 0.3 is 0 Å². The molecule has 0 aromatic heterocycles. The minimum Gasteiger partial charge on any atom is -0.352 e. The Balaban J connectivity index is 2.04. The van der Waals surface area contributed by atoms with E-state index in [-0.39, 0.29) is 23.4 Å². The minimum atomic E-state index is -4.13. The molecule has 2 amide bonds. The molecule has 0 saturated carbocycles. The summed E-state index contributed by atoms with van der Waals surface area (Å²) in [6, 6.07) is 18.4. The number of anilines is 1. The van der Waals surface area contributed by atoms with Gasteiger partial charge in [-0.05, 0) is 68.3 Å². The highest BCUT2D eigenvalue weighted by molar-refractivity contribution is 9.10. The van der Waals surface area contributed by atoms with Crippen molar-refractivity contribution in [3.8, 4) is 0 Å². The maximum absolute atomic E-state index is 13.9. The summed E-state index contributed by atoms with van der Waals surface area (Å²) in [5.41, 5.74) is 0.861. The smallest absolute Gasteiger partial charge is 0.264 e. The van der Waals surface area contributed by atoms with Crippen molar-refractivity contribution in [2.75, 3.05) is 10.8 Å². The number of sulfonamides is 1. The van der Waals surface area contributed by atoms with Crippen molar-refractivity contribution in [2.24, 2.45) is 0 Å². The van der Waals surface area contributed by atoms with Crippen LogP contribution in [0.15, 0.2) is 82.2 Å². The third-order valence-electron chi connectivity index (χ3n) is 6.23. The van der Waals surface area contributed by atoms with E-state index in [9.17, 15) is 18.0 Å². The molecule has 0 aliphatic heterocycles. The van der Waals surface area contributed by atoms with Crippen LogP contribution in [-0.2, 0) is 26.2 Å². The number of benzene rings is 3. The third kappa shape index (κ3) is 7.97. The van der Waals surface area contributed by atoms with Crippen LogP contribution in [0.1, 0.15) is 32.8 Å². The fraction of sp³-hybridized carbons (Fsp3) is 0.286. The van der Waals surface area contributed by atoms with Crippen molar-refractivity contribution in [3.05, 3.63) is 92.9 Å². The van der Waals surface area contributed by atoms with Gasteiger partial charge in [0.15, 0.2) is 0 Å². The number of nitrogens with zero attached hydrogens (tertiary/aromatic N) is 2. The number of halogens is 3. The van der Waals surface area contributed by atoms with Gasteiger partial charge in [0.2, 0.25) is 11.8 Å². The van der Waals surface area contributed by atoms with E-state index in [1.807, 2.05) is 13.8 Å². The summed E-state index contributed by atoms with van der Waals surface area (Å²) < 4.78 is 29.2. The predicted octanol–water partition coefficient (Wildman–Crippen LogP) is 6.28. The average molecular weight is 655 g/mol. The Kier molecular flexibility index (Phi) is 10.8. The second-order valence-electron chi connectivity index (χ2n) is 9.06. The molecule has 2 atom stereocenters. The van der Waals surface area contributed by atoms with E-state index in [0.717, 1.165) is 4.31 Å². The quantitative estimate of drug-likeness (QED) is 0.264. The second kappa shape index (κ2) is 13.7. The lowest BCUT2D eigenvalue weighted by atomic mass is 10.1. The molecule has 0 heterocycles. The molecular formula is C28H30BrCl2N3O4S. The van der Waals surface area contributed by atoms with Crippen LogP contribution in [0.25, 0.3) is 0 Å². The zero-order valence-electron chi connectivity index (χ0n) is 21.8. The Morgan fingerprint density at radius 3 is 2.28 bits per heavy atom. The van der Waals surface area contributed by atoms with Gasteiger partial charge in [-0.3, -0.25) is 13.9 Å². The number of nitrogens with one attached hydrogen (secondary N) is 1. The molecule has 0 radical (unpaired) electrons. The summed E-state index contributed by atoms with van der Waals surface area (Å²) in [7, 11) is -4.13. The van der Waals surface area contributed by atoms with Crippen LogP contribution < -0.4 is 9.62 Å². The molecule has 3 aromatic carbocycles. The molecule has 208 valence electrons. The maximum Gasteiger partial charge on any atom is 0.264 e. The van der Waals surface area contributed by atoms with Crippen LogP contribution in [0, 0.1) is 0 Å². The molecule has 0 aliphatic carbocycles. The molecule has 3 rings (SSSR count). The highest BCUT2D eigenvalue weighted by atomic mass is 79.9. The highest BCUT2D eigenvalue weighted by Gasteiger charge is 2.33. The first-order valence-corrected chi connectivity index (χ1v) is 15.3. The molecular weight excluding hydrogens is 625 g/mol. The number of hydrogen-bond acceptors (Lipinski definition) is 4. The Bertz CT molecular complexity index is 1420. The molecule has 0 saturated heterocycles. The van der Waals surface area contributed by atoms with E-state index in [2.05, 4.69) is 21.2 Å². The lowest BCUT2D eigenvalue weighted by molar-refractivity contribution is -0.139. The molecule has 39 heavy (non-hydrogen) atoms. The molecule has 0 fully saturated rings. The van der Waals surface area contributed by atoms with Gasteiger partial charge in [0.25, 0.3) is 10.0 Å². The van der Waals surface area contributed by atoms with E-state index >= 15 is 0 Å². The number of rotatable bonds is 11. The van der Waals surface area contributed by atoms with Crippen LogP contribution in [0.2, 0.25) is 10.0 Å². The molecule has 0 spiro atoms. The zero-order chi connectivity index (χ0) is 28.7. The van der Waals surface area contributed by atoms with E-state index in [4.69, 9.17) is 23.2 Å². The average Bonchev–Trinajstić information content (AvgIpc) is 2.91. The third-order valence-corrected chi connectivity index (χ3v) is 9.10. The molecule has 1 N–H and O–H groups in total. The van der Waals surface area contributed by atoms with Crippen LogP contribution in [0.3, 0.4) is 0 Å². The minimum absolute atomic E-state index is 0.0262. The first-order valence-electron chi connectivity index (χ1n) is 12.3. The number of carbonyl (C=O) groups excluding carboxylic acids is 2. The molecule has 2 unspecified atom stereocenters. The van der Waals surface area contributed by atoms with Gasteiger partial charge < -0.3 is 10.2 Å². The van der Waals surface area contributed by atoms with Crippen molar-refractivity contribution >= 4 is 66.7 Å². The van der Waals surface area contributed by atoms with Crippen LogP contribution in [0.5, 0.6) is 0 Å². The monoisotopic (exact) mass is 653 g/mol. The van der Waals surface area contributed by atoms with Crippen LogP contribution in [-0.4, -0.2) is 43.8 Å². The summed E-state index contributed by atoms with van der Waals surface area (Å²) in [6.45, 7) is 4.85. The van der Waals surface area contributed by atoms with Crippen LogP contribution >= 0.6 is 39.1 Å². The first kappa shape index (κ1) is 30.9. The molecule has 3 aromatic rings. The van der Waals surface area contributed by atoms with Crippen molar-refractivity contribution in [1.29, 1.82) is 0 Å². The largest absolute Gasteiger partial charge is 0.352 e. The van der Waals surface area contributed by atoms with E-state index < -0.39 is 28.5 Å². The topological polar surface area (TPSA) is 86.8 Å². The standard InChI is InChI=1S/C28H30BrCl2N3O4S/c1-4-19(2)32-28(36)20(3)33(17-21-13-14-23(30)16-26(21)31)27(35)18-34(24-10-8-9-22(29)15-24)39(37,38)25-11-6-5-7-12-25/h5-16,19-20H,4,17-18H2,1-3H3,(H,32,36). The summed E-state index contributed by atoms with van der Waals surface area (Å²) in [5.74, 6) is -0.935. The predicted molar refractivity (Wildman–Crippen MR) is 159 cm³/mol. The van der Waals surface area contributed by atoms with Crippen molar-refractivity contribution in [3.63, 3.8) is 0 Å². The SMILES string of the molecule is CCC(C)NC(=O)C(C)N(Cc1ccc(Cl)cc1Cl)C(=O)CN(c1cccc(Br)c1)S(=O)(=O)c1ccccc1. The molecule has 11 heteroatoms. The molecule has 0 aliphatic rings. The van der Waals surface area contributed by atoms with Crippen molar-refractivity contribution < 1.29 is 18.0 Å². The van der Waals surface area contributed by atoms with Gasteiger partial charge in [-0.25, -0.2) is 8.42 Å². The van der Waals surface area contributed by atoms with Crippen molar-refractivity contribution in [2.45, 2.75) is 50.7 Å². The van der Waals surface area contributed by atoms with Gasteiger partial charge in [0.1, 0.15) is 12.6 Å². The Labute approximate surface area is 248 Å².